The fourth-order valence-corrected chi connectivity index (χ4v) is 3.33. The normalized spacial score (nSPS) is 10.9. The van der Waals surface area contributed by atoms with Gasteiger partial charge in [-0.3, -0.25) is 9.20 Å². The second kappa shape index (κ2) is 4.93. The van der Waals surface area contributed by atoms with Crippen LogP contribution >= 0.6 is 11.3 Å². The topological polar surface area (TPSA) is 84.2 Å². The number of fused-ring (bicyclic) bond motifs is 3. The summed E-state index contributed by atoms with van der Waals surface area (Å²) in [5, 5.41) is 11.2. The number of ketones is 1. The highest BCUT2D eigenvalue weighted by molar-refractivity contribution is 7.12. The standard InChI is InChI=1S/C17H10N4OS/c18-9-10-8-11(15(22)14-6-3-7-23-14)17-20-12-4-1-2-5-13(12)21(17)16(10)19/h1-8H,19H2. The lowest BCUT2D eigenvalue weighted by Gasteiger charge is -2.07. The molecule has 23 heavy (non-hydrogen) atoms. The van der Waals surface area contributed by atoms with Crippen LogP contribution in [0.15, 0.2) is 47.8 Å². The van der Waals surface area contributed by atoms with Crippen molar-refractivity contribution >= 4 is 39.6 Å². The number of hydrogen-bond donors (Lipinski definition) is 1. The maximum Gasteiger partial charge on any atom is 0.206 e. The first-order valence-electron chi connectivity index (χ1n) is 6.88. The molecule has 0 fully saturated rings. The minimum absolute atomic E-state index is 0.156. The molecule has 0 radical (unpaired) electrons. The molecule has 5 nitrogen and oxygen atoms in total. The van der Waals surface area contributed by atoms with Crippen molar-refractivity contribution in [2.45, 2.75) is 0 Å². The van der Waals surface area contributed by atoms with Crippen LogP contribution in [0.4, 0.5) is 5.82 Å². The first kappa shape index (κ1) is 13.5. The van der Waals surface area contributed by atoms with E-state index >= 15 is 0 Å². The van der Waals surface area contributed by atoms with E-state index in [-0.39, 0.29) is 11.3 Å². The highest BCUT2D eigenvalue weighted by atomic mass is 32.1. The van der Waals surface area contributed by atoms with Gasteiger partial charge in [-0.15, -0.1) is 11.3 Å². The van der Waals surface area contributed by atoms with Crippen molar-refractivity contribution in [3.8, 4) is 6.07 Å². The third-order valence-corrected chi connectivity index (χ3v) is 4.59. The van der Waals surface area contributed by atoms with Gasteiger partial charge in [0.2, 0.25) is 5.78 Å². The number of rotatable bonds is 2. The van der Waals surface area contributed by atoms with Gasteiger partial charge in [-0.25, -0.2) is 4.98 Å². The lowest BCUT2D eigenvalue weighted by molar-refractivity contribution is 0.104. The van der Waals surface area contributed by atoms with Crippen molar-refractivity contribution in [3.05, 3.63) is 63.8 Å². The molecule has 0 aliphatic rings. The minimum atomic E-state index is -0.156. The number of nitriles is 1. The summed E-state index contributed by atoms with van der Waals surface area (Å²) in [6.07, 6.45) is 0. The fourth-order valence-electron chi connectivity index (χ4n) is 2.65. The van der Waals surface area contributed by atoms with Gasteiger partial charge in [0.05, 0.1) is 27.0 Å². The summed E-state index contributed by atoms with van der Waals surface area (Å²) < 4.78 is 1.68. The molecule has 0 atom stereocenters. The van der Waals surface area contributed by atoms with E-state index in [2.05, 4.69) is 11.1 Å². The molecule has 3 aromatic heterocycles. The van der Waals surface area contributed by atoms with Crippen LogP contribution < -0.4 is 5.73 Å². The number of imidazole rings is 1. The largest absolute Gasteiger partial charge is 0.384 e. The lowest BCUT2D eigenvalue weighted by Crippen LogP contribution is -2.08. The van der Waals surface area contributed by atoms with Crippen LogP contribution in [0, 0.1) is 11.3 Å². The van der Waals surface area contributed by atoms with E-state index in [1.165, 1.54) is 17.4 Å². The Hall–Kier alpha value is -3.17. The zero-order valence-electron chi connectivity index (χ0n) is 11.9. The van der Waals surface area contributed by atoms with Crippen LogP contribution in [0.25, 0.3) is 16.7 Å². The highest BCUT2D eigenvalue weighted by Crippen LogP contribution is 2.27. The van der Waals surface area contributed by atoms with E-state index in [1.807, 2.05) is 35.7 Å². The zero-order chi connectivity index (χ0) is 16.0. The van der Waals surface area contributed by atoms with Crippen molar-refractivity contribution in [1.29, 1.82) is 5.26 Å². The predicted octanol–water partition coefficient (Wildman–Crippen LogP) is 3.23. The molecule has 0 unspecified atom stereocenters. The van der Waals surface area contributed by atoms with E-state index < -0.39 is 0 Å². The van der Waals surface area contributed by atoms with Gasteiger partial charge in [0, 0.05) is 0 Å². The number of anilines is 1. The number of nitrogen functional groups attached to an aromatic ring is 1. The molecule has 4 rings (SSSR count). The van der Waals surface area contributed by atoms with Gasteiger partial charge >= 0.3 is 0 Å². The first-order valence-corrected chi connectivity index (χ1v) is 7.76. The Morgan fingerprint density at radius 3 is 2.83 bits per heavy atom. The quantitative estimate of drug-likeness (QED) is 0.575. The molecule has 110 valence electrons. The number of thiophene rings is 1. The molecule has 6 heteroatoms. The Morgan fingerprint density at radius 2 is 2.09 bits per heavy atom. The number of para-hydroxylation sites is 2. The Kier molecular flexibility index (Phi) is 2.89. The van der Waals surface area contributed by atoms with Gasteiger partial charge in [-0.1, -0.05) is 18.2 Å². The molecule has 0 saturated heterocycles. The second-order valence-electron chi connectivity index (χ2n) is 5.03. The molecule has 0 aliphatic carbocycles. The minimum Gasteiger partial charge on any atom is -0.384 e. The van der Waals surface area contributed by atoms with Gasteiger partial charge < -0.3 is 5.73 Å². The molecule has 0 amide bonds. The summed E-state index contributed by atoms with van der Waals surface area (Å²) in [6.45, 7) is 0. The lowest BCUT2D eigenvalue weighted by atomic mass is 10.1. The van der Waals surface area contributed by atoms with Gasteiger partial charge in [0.25, 0.3) is 0 Å². The molecular weight excluding hydrogens is 308 g/mol. The predicted molar refractivity (Wildman–Crippen MR) is 89.6 cm³/mol. The highest BCUT2D eigenvalue weighted by Gasteiger charge is 2.20. The van der Waals surface area contributed by atoms with E-state index in [9.17, 15) is 10.1 Å². The molecule has 1 aromatic carbocycles. The molecule has 0 spiro atoms. The van der Waals surface area contributed by atoms with Crippen LogP contribution in [-0.2, 0) is 0 Å². The maximum absolute atomic E-state index is 12.8. The van der Waals surface area contributed by atoms with Crippen LogP contribution in [-0.4, -0.2) is 15.2 Å². The molecule has 0 bridgehead atoms. The first-order chi connectivity index (χ1) is 11.2. The summed E-state index contributed by atoms with van der Waals surface area (Å²) in [4.78, 5) is 17.9. The Bertz CT molecular complexity index is 1100. The number of pyridine rings is 1. The van der Waals surface area contributed by atoms with Crippen LogP contribution in [0.2, 0.25) is 0 Å². The SMILES string of the molecule is N#Cc1cc(C(=O)c2cccs2)c2nc3ccccc3n2c1N. The summed E-state index contributed by atoms with van der Waals surface area (Å²) in [7, 11) is 0. The monoisotopic (exact) mass is 318 g/mol. The smallest absolute Gasteiger partial charge is 0.206 e. The van der Waals surface area contributed by atoms with Gasteiger partial charge in [-0.2, -0.15) is 5.26 Å². The third kappa shape index (κ3) is 1.91. The Labute approximate surface area is 135 Å². The summed E-state index contributed by atoms with van der Waals surface area (Å²) in [5.41, 5.74) is 8.75. The number of hydrogen-bond acceptors (Lipinski definition) is 5. The van der Waals surface area contributed by atoms with E-state index in [4.69, 9.17) is 5.73 Å². The van der Waals surface area contributed by atoms with E-state index in [0.29, 0.717) is 21.9 Å². The van der Waals surface area contributed by atoms with Crippen molar-refractivity contribution in [2.75, 3.05) is 5.73 Å². The number of nitrogens with zero attached hydrogens (tertiary/aromatic N) is 3. The number of carbonyl (C=O) groups is 1. The maximum atomic E-state index is 12.8. The average molecular weight is 318 g/mol. The number of carbonyl (C=O) groups excluding carboxylic acids is 1. The van der Waals surface area contributed by atoms with Gasteiger partial charge in [-0.05, 0) is 29.6 Å². The molecular formula is C17H10N4OS. The van der Waals surface area contributed by atoms with Crippen molar-refractivity contribution in [3.63, 3.8) is 0 Å². The van der Waals surface area contributed by atoms with Gasteiger partial charge in [0.1, 0.15) is 11.9 Å². The summed E-state index contributed by atoms with van der Waals surface area (Å²) >= 11 is 1.36. The summed E-state index contributed by atoms with van der Waals surface area (Å²) in [6, 6.07) is 14.6. The van der Waals surface area contributed by atoms with Crippen LogP contribution in [0.1, 0.15) is 20.8 Å². The molecule has 2 N–H and O–H groups in total. The molecule has 3 heterocycles. The molecule has 0 aliphatic heterocycles. The van der Waals surface area contributed by atoms with Crippen molar-refractivity contribution < 1.29 is 4.79 Å². The van der Waals surface area contributed by atoms with Crippen molar-refractivity contribution in [2.24, 2.45) is 0 Å². The fraction of sp³-hybridized carbons (Fsp3) is 0. The van der Waals surface area contributed by atoms with Crippen LogP contribution in [0.5, 0.6) is 0 Å². The van der Waals surface area contributed by atoms with Crippen molar-refractivity contribution in [1.82, 2.24) is 9.38 Å². The average Bonchev–Trinajstić information content (AvgIpc) is 3.22. The second-order valence-corrected chi connectivity index (χ2v) is 5.98. The summed E-state index contributed by atoms with van der Waals surface area (Å²) in [5.74, 6) is 0.135. The van der Waals surface area contributed by atoms with Crippen LogP contribution in [0.3, 0.4) is 0 Å². The number of aromatic nitrogens is 2. The Balaban J connectivity index is 2.14. The third-order valence-electron chi connectivity index (χ3n) is 3.72. The van der Waals surface area contributed by atoms with Gasteiger partial charge in [0.15, 0.2) is 5.65 Å². The van der Waals surface area contributed by atoms with E-state index in [0.717, 1.165) is 11.0 Å². The Morgan fingerprint density at radius 1 is 1.26 bits per heavy atom. The van der Waals surface area contributed by atoms with E-state index in [1.54, 1.807) is 10.5 Å². The molecule has 0 saturated carbocycles. The molecule has 4 aromatic rings. The number of benzene rings is 1. The zero-order valence-corrected chi connectivity index (χ0v) is 12.7. The number of nitrogens with two attached hydrogens (primary N) is 1.